The third-order valence-corrected chi connectivity index (χ3v) is 2.86. The van der Waals surface area contributed by atoms with Gasteiger partial charge in [-0.2, -0.15) is 0 Å². The molecule has 1 aromatic carbocycles. The van der Waals surface area contributed by atoms with Gasteiger partial charge in [-0.25, -0.2) is 4.79 Å². The van der Waals surface area contributed by atoms with Crippen molar-refractivity contribution in [3.05, 3.63) is 29.8 Å². The summed E-state index contributed by atoms with van der Waals surface area (Å²) >= 11 is 3.28. The molecule has 2 N–H and O–H groups in total. The Hall–Kier alpha value is -1.76. The fourth-order valence-corrected chi connectivity index (χ4v) is 1.78. The summed E-state index contributed by atoms with van der Waals surface area (Å²) in [5, 5.41) is 6.05. The summed E-state index contributed by atoms with van der Waals surface area (Å²) in [6.45, 7) is 6.56. The van der Waals surface area contributed by atoms with E-state index in [0.29, 0.717) is 31.0 Å². The zero-order chi connectivity index (χ0) is 17.3. The molecule has 0 aliphatic heterocycles. The average molecular weight is 387 g/mol. The first-order chi connectivity index (χ1) is 10.8. The molecule has 0 saturated heterocycles. The van der Waals surface area contributed by atoms with Gasteiger partial charge in [0.2, 0.25) is 0 Å². The maximum Gasteiger partial charge on any atom is 0.407 e. The van der Waals surface area contributed by atoms with Gasteiger partial charge in [0.05, 0.1) is 6.61 Å². The second-order valence-corrected chi connectivity index (χ2v) is 6.54. The summed E-state index contributed by atoms with van der Waals surface area (Å²) in [4.78, 5) is 23.4. The maximum absolute atomic E-state index is 11.9. The minimum Gasteiger partial charge on any atom is -0.493 e. The van der Waals surface area contributed by atoms with Crippen LogP contribution in [0.2, 0.25) is 0 Å². The predicted octanol–water partition coefficient (Wildman–Crippen LogP) is 2.71. The van der Waals surface area contributed by atoms with E-state index in [1.807, 2.05) is 0 Å². The standard InChI is InChI=1S/C16H23BrN2O4/c1-16(2,3)23-15(21)19-10-9-18-14(20)12-4-6-13(7-5-12)22-11-8-17/h4-7H,8-11H2,1-3H3,(H,18,20)(H,19,21). The smallest absolute Gasteiger partial charge is 0.407 e. The normalized spacial score (nSPS) is 10.8. The molecule has 0 unspecified atom stereocenters. The molecule has 0 aliphatic rings. The Labute approximate surface area is 145 Å². The van der Waals surface area contributed by atoms with Crippen molar-refractivity contribution in [1.82, 2.24) is 10.6 Å². The monoisotopic (exact) mass is 386 g/mol. The van der Waals surface area contributed by atoms with E-state index >= 15 is 0 Å². The molecule has 0 aliphatic carbocycles. The molecule has 1 rings (SSSR count). The molecule has 23 heavy (non-hydrogen) atoms. The second-order valence-electron chi connectivity index (χ2n) is 5.75. The Morgan fingerprint density at radius 3 is 2.26 bits per heavy atom. The van der Waals surface area contributed by atoms with E-state index in [-0.39, 0.29) is 5.91 Å². The number of benzene rings is 1. The molecule has 0 bridgehead atoms. The van der Waals surface area contributed by atoms with Gasteiger partial charge in [-0.3, -0.25) is 4.79 Å². The molecule has 2 amide bonds. The minimum atomic E-state index is -0.536. The number of carbonyl (C=O) groups is 2. The van der Waals surface area contributed by atoms with Gasteiger partial charge in [0.1, 0.15) is 11.4 Å². The van der Waals surface area contributed by atoms with E-state index < -0.39 is 11.7 Å². The molecule has 0 spiro atoms. The number of nitrogens with one attached hydrogen (secondary N) is 2. The van der Waals surface area contributed by atoms with Crippen LogP contribution in [0.5, 0.6) is 5.75 Å². The lowest BCUT2D eigenvalue weighted by Crippen LogP contribution is -2.37. The highest BCUT2D eigenvalue weighted by Crippen LogP contribution is 2.12. The lowest BCUT2D eigenvalue weighted by Gasteiger charge is -2.19. The van der Waals surface area contributed by atoms with E-state index in [2.05, 4.69) is 26.6 Å². The Morgan fingerprint density at radius 2 is 1.70 bits per heavy atom. The molecule has 0 saturated carbocycles. The number of hydrogen-bond donors (Lipinski definition) is 2. The van der Waals surface area contributed by atoms with Crippen molar-refractivity contribution in [1.29, 1.82) is 0 Å². The van der Waals surface area contributed by atoms with Crippen LogP contribution in [0.15, 0.2) is 24.3 Å². The van der Waals surface area contributed by atoms with E-state index in [1.165, 1.54) is 0 Å². The van der Waals surface area contributed by atoms with E-state index in [1.54, 1.807) is 45.0 Å². The van der Waals surface area contributed by atoms with E-state index in [4.69, 9.17) is 9.47 Å². The molecule has 0 aromatic heterocycles. The minimum absolute atomic E-state index is 0.206. The molecular weight excluding hydrogens is 364 g/mol. The van der Waals surface area contributed by atoms with Gasteiger partial charge in [-0.1, -0.05) is 15.9 Å². The number of amides is 2. The van der Waals surface area contributed by atoms with Crippen LogP contribution in [0, 0.1) is 0 Å². The molecule has 7 heteroatoms. The molecule has 6 nitrogen and oxygen atoms in total. The number of halogens is 1. The third-order valence-electron chi connectivity index (χ3n) is 2.54. The van der Waals surface area contributed by atoms with Crippen molar-refractivity contribution in [3.63, 3.8) is 0 Å². The van der Waals surface area contributed by atoms with E-state index in [0.717, 1.165) is 5.33 Å². The first-order valence-electron chi connectivity index (χ1n) is 7.36. The highest BCUT2D eigenvalue weighted by Gasteiger charge is 2.15. The van der Waals surface area contributed by atoms with Crippen LogP contribution in [0.3, 0.4) is 0 Å². The van der Waals surface area contributed by atoms with Crippen LogP contribution >= 0.6 is 15.9 Å². The van der Waals surface area contributed by atoms with Gasteiger partial charge in [0.25, 0.3) is 5.91 Å². The molecule has 128 valence electrons. The highest BCUT2D eigenvalue weighted by atomic mass is 79.9. The molecule has 0 fully saturated rings. The Morgan fingerprint density at radius 1 is 1.09 bits per heavy atom. The van der Waals surface area contributed by atoms with Crippen molar-refractivity contribution >= 4 is 27.9 Å². The van der Waals surface area contributed by atoms with Gasteiger partial charge >= 0.3 is 6.09 Å². The quantitative estimate of drug-likeness (QED) is 0.557. The van der Waals surface area contributed by atoms with Crippen LogP contribution in [-0.4, -0.2) is 42.6 Å². The van der Waals surface area contributed by atoms with Gasteiger partial charge in [-0.15, -0.1) is 0 Å². The predicted molar refractivity (Wildman–Crippen MR) is 92.3 cm³/mol. The zero-order valence-electron chi connectivity index (χ0n) is 13.6. The lowest BCUT2D eigenvalue weighted by molar-refractivity contribution is 0.0526. The van der Waals surface area contributed by atoms with Gasteiger partial charge in [-0.05, 0) is 45.0 Å². The number of hydrogen-bond acceptors (Lipinski definition) is 4. The summed E-state index contributed by atoms with van der Waals surface area (Å²) < 4.78 is 10.5. The molecule has 0 atom stereocenters. The number of rotatable bonds is 7. The van der Waals surface area contributed by atoms with Crippen LogP contribution in [0.25, 0.3) is 0 Å². The number of ether oxygens (including phenoxy) is 2. The van der Waals surface area contributed by atoms with Crippen molar-refractivity contribution in [2.24, 2.45) is 0 Å². The van der Waals surface area contributed by atoms with Crippen molar-refractivity contribution in [2.75, 3.05) is 25.0 Å². The summed E-state index contributed by atoms with van der Waals surface area (Å²) in [5.74, 6) is 0.510. The van der Waals surface area contributed by atoms with Crippen molar-refractivity contribution < 1.29 is 19.1 Å². The Kier molecular flexibility index (Phi) is 7.88. The second kappa shape index (κ2) is 9.39. The number of alkyl carbamates (subject to hydrolysis) is 1. The van der Waals surface area contributed by atoms with Gasteiger partial charge in [0, 0.05) is 24.0 Å². The summed E-state index contributed by atoms with van der Waals surface area (Å²) in [7, 11) is 0. The first-order valence-corrected chi connectivity index (χ1v) is 8.48. The molecular formula is C16H23BrN2O4. The molecule has 0 heterocycles. The van der Waals surface area contributed by atoms with Crippen molar-refractivity contribution in [2.45, 2.75) is 26.4 Å². The van der Waals surface area contributed by atoms with Gasteiger partial charge < -0.3 is 20.1 Å². The van der Waals surface area contributed by atoms with Crippen LogP contribution in [0.4, 0.5) is 4.79 Å². The topological polar surface area (TPSA) is 76.7 Å². The zero-order valence-corrected chi connectivity index (χ0v) is 15.2. The fourth-order valence-electron chi connectivity index (χ4n) is 1.62. The summed E-state index contributed by atoms with van der Waals surface area (Å²) in [6.07, 6.45) is -0.500. The molecule has 0 radical (unpaired) electrons. The SMILES string of the molecule is CC(C)(C)OC(=O)NCCNC(=O)c1ccc(OCCBr)cc1. The first kappa shape index (κ1) is 19.3. The Balaban J connectivity index is 2.30. The van der Waals surface area contributed by atoms with Gasteiger partial charge in [0.15, 0.2) is 0 Å². The lowest BCUT2D eigenvalue weighted by atomic mass is 10.2. The summed E-state index contributed by atoms with van der Waals surface area (Å²) in [5.41, 5.74) is -0.000132. The Bertz CT molecular complexity index is 512. The van der Waals surface area contributed by atoms with E-state index in [9.17, 15) is 9.59 Å². The van der Waals surface area contributed by atoms with Crippen molar-refractivity contribution in [3.8, 4) is 5.75 Å². The number of carbonyl (C=O) groups excluding carboxylic acids is 2. The largest absolute Gasteiger partial charge is 0.493 e. The fraction of sp³-hybridized carbons (Fsp3) is 0.500. The van der Waals surface area contributed by atoms with Crippen LogP contribution in [0.1, 0.15) is 31.1 Å². The third kappa shape index (κ3) is 8.44. The highest BCUT2D eigenvalue weighted by molar-refractivity contribution is 9.09. The summed E-state index contributed by atoms with van der Waals surface area (Å²) in [6, 6.07) is 6.88. The van der Waals surface area contributed by atoms with Crippen LogP contribution in [-0.2, 0) is 4.74 Å². The average Bonchev–Trinajstić information content (AvgIpc) is 2.48. The maximum atomic E-state index is 11.9. The van der Waals surface area contributed by atoms with Crippen LogP contribution < -0.4 is 15.4 Å². The number of alkyl halides is 1. The molecule has 1 aromatic rings.